The van der Waals surface area contributed by atoms with E-state index in [4.69, 9.17) is 11.6 Å². The van der Waals surface area contributed by atoms with Crippen LogP contribution in [0.2, 0.25) is 0 Å². The van der Waals surface area contributed by atoms with Crippen LogP contribution in [0, 0.1) is 5.41 Å². The normalized spacial score (nSPS) is 25.2. The zero-order chi connectivity index (χ0) is 13.5. The molecule has 1 saturated carbocycles. The summed E-state index contributed by atoms with van der Waals surface area (Å²) >= 11 is 6.26. The first kappa shape index (κ1) is 12.9. The van der Waals surface area contributed by atoms with Gasteiger partial charge < -0.3 is 5.32 Å². The van der Waals surface area contributed by atoms with Gasteiger partial charge in [-0.3, -0.25) is 4.98 Å². The largest absolute Gasteiger partial charge is 0.309 e. The van der Waals surface area contributed by atoms with Gasteiger partial charge in [0.15, 0.2) is 0 Å². The van der Waals surface area contributed by atoms with E-state index in [2.05, 4.69) is 48.4 Å². The maximum Gasteiger partial charge on any atom is 0.0746 e. The quantitative estimate of drug-likeness (QED) is 0.863. The maximum absolute atomic E-state index is 6.26. The monoisotopic (exact) mass is 274 g/mol. The van der Waals surface area contributed by atoms with E-state index < -0.39 is 0 Å². The molecule has 2 atom stereocenters. The second kappa shape index (κ2) is 4.77. The van der Waals surface area contributed by atoms with E-state index in [1.54, 1.807) is 0 Å². The molecule has 2 nitrogen and oxygen atoms in total. The topological polar surface area (TPSA) is 24.9 Å². The van der Waals surface area contributed by atoms with Crippen LogP contribution in [-0.4, -0.2) is 16.4 Å². The number of alkyl halides is 1. The molecular formula is C16H19ClN2. The molecule has 19 heavy (non-hydrogen) atoms. The number of rotatable bonds is 3. The second-order valence-electron chi connectivity index (χ2n) is 5.95. The number of nitrogens with zero attached hydrogens (tertiary/aromatic N) is 1. The highest BCUT2D eigenvalue weighted by molar-refractivity contribution is 6.21. The Morgan fingerprint density at radius 3 is 2.84 bits per heavy atom. The highest BCUT2D eigenvalue weighted by Crippen LogP contribution is 2.44. The van der Waals surface area contributed by atoms with E-state index in [0.29, 0.717) is 6.04 Å². The number of benzene rings is 1. The Kier molecular flexibility index (Phi) is 3.23. The number of para-hydroxylation sites is 1. The SMILES string of the molecule is CC1(C)C(Cl)CC1NCc1cccc2cccnc12. The molecule has 3 rings (SSSR count). The highest BCUT2D eigenvalue weighted by Gasteiger charge is 2.46. The fraction of sp³-hybridized carbons (Fsp3) is 0.438. The highest BCUT2D eigenvalue weighted by atomic mass is 35.5. The number of hydrogen-bond donors (Lipinski definition) is 1. The molecule has 1 fully saturated rings. The van der Waals surface area contributed by atoms with E-state index >= 15 is 0 Å². The van der Waals surface area contributed by atoms with Crippen molar-refractivity contribution in [3.8, 4) is 0 Å². The number of pyridine rings is 1. The van der Waals surface area contributed by atoms with E-state index in [1.165, 1.54) is 10.9 Å². The molecule has 100 valence electrons. The first-order valence-corrected chi connectivity index (χ1v) is 7.23. The maximum atomic E-state index is 6.26. The summed E-state index contributed by atoms with van der Waals surface area (Å²) in [4.78, 5) is 4.49. The minimum atomic E-state index is 0.180. The number of hydrogen-bond acceptors (Lipinski definition) is 2. The van der Waals surface area contributed by atoms with Gasteiger partial charge in [0.1, 0.15) is 0 Å². The molecule has 0 spiro atoms. The average Bonchev–Trinajstić information content (AvgIpc) is 2.43. The predicted molar refractivity (Wildman–Crippen MR) is 80.4 cm³/mol. The lowest BCUT2D eigenvalue weighted by Gasteiger charge is -2.49. The van der Waals surface area contributed by atoms with Crippen LogP contribution in [0.25, 0.3) is 10.9 Å². The van der Waals surface area contributed by atoms with Gasteiger partial charge in [-0.1, -0.05) is 38.1 Å². The van der Waals surface area contributed by atoms with E-state index in [9.17, 15) is 0 Å². The summed E-state index contributed by atoms with van der Waals surface area (Å²) in [6, 6.07) is 10.9. The van der Waals surface area contributed by atoms with Crippen molar-refractivity contribution < 1.29 is 0 Å². The number of fused-ring (bicyclic) bond motifs is 1. The summed E-state index contributed by atoms with van der Waals surface area (Å²) < 4.78 is 0. The minimum absolute atomic E-state index is 0.180. The van der Waals surface area contributed by atoms with Crippen molar-refractivity contribution in [1.29, 1.82) is 0 Å². The lowest BCUT2D eigenvalue weighted by atomic mass is 9.67. The standard InChI is InChI=1S/C16H19ClN2/c1-16(2)13(17)9-14(16)19-10-12-6-3-5-11-7-4-8-18-15(11)12/h3-8,13-14,19H,9-10H2,1-2H3. The van der Waals surface area contributed by atoms with E-state index in [0.717, 1.165) is 18.5 Å². The lowest BCUT2D eigenvalue weighted by molar-refractivity contribution is 0.115. The van der Waals surface area contributed by atoms with Gasteiger partial charge in [-0.05, 0) is 23.5 Å². The fourth-order valence-electron chi connectivity index (χ4n) is 2.76. The second-order valence-corrected chi connectivity index (χ2v) is 6.48. The van der Waals surface area contributed by atoms with Crippen LogP contribution in [0.15, 0.2) is 36.5 Å². The molecule has 1 heterocycles. The summed E-state index contributed by atoms with van der Waals surface area (Å²) in [5.74, 6) is 0. The fourth-order valence-corrected chi connectivity index (χ4v) is 3.09. The van der Waals surface area contributed by atoms with Crippen molar-refractivity contribution in [2.75, 3.05) is 0 Å². The van der Waals surface area contributed by atoms with Gasteiger partial charge in [0, 0.05) is 29.5 Å². The molecule has 2 aromatic rings. The van der Waals surface area contributed by atoms with Crippen LogP contribution in [0.4, 0.5) is 0 Å². The third-order valence-electron chi connectivity index (χ3n) is 4.40. The molecule has 0 saturated heterocycles. The average molecular weight is 275 g/mol. The van der Waals surface area contributed by atoms with Crippen LogP contribution < -0.4 is 5.32 Å². The van der Waals surface area contributed by atoms with Crippen molar-refractivity contribution in [3.05, 3.63) is 42.1 Å². The third-order valence-corrected chi connectivity index (χ3v) is 5.14. The number of nitrogens with one attached hydrogen (secondary N) is 1. The van der Waals surface area contributed by atoms with Crippen molar-refractivity contribution in [2.45, 2.75) is 38.2 Å². The van der Waals surface area contributed by atoms with Gasteiger partial charge >= 0.3 is 0 Å². The molecule has 0 amide bonds. The first-order valence-electron chi connectivity index (χ1n) is 6.79. The summed E-state index contributed by atoms with van der Waals surface area (Å²) in [7, 11) is 0. The Labute approximate surface area is 119 Å². The smallest absolute Gasteiger partial charge is 0.0746 e. The van der Waals surface area contributed by atoms with Crippen molar-refractivity contribution in [1.82, 2.24) is 10.3 Å². The van der Waals surface area contributed by atoms with Gasteiger partial charge in [0.2, 0.25) is 0 Å². The van der Waals surface area contributed by atoms with Gasteiger partial charge in [0.25, 0.3) is 0 Å². The molecule has 1 aromatic heterocycles. The first-order chi connectivity index (χ1) is 9.09. The Morgan fingerprint density at radius 2 is 2.11 bits per heavy atom. The number of halogens is 1. The van der Waals surface area contributed by atoms with E-state index in [-0.39, 0.29) is 10.8 Å². The van der Waals surface area contributed by atoms with Crippen LogP contribution >= 0.6 is 11.6 Å². The summed E-state index contributed by atoms with van der Waals surface area (Å²) in [5.41, 5.74) is 2.53. The Bertz CT molecular complexity index is 589. The van der Waals surface area contributed by atoms with Gasteiger partial charge in [0.05, 0.1) is 5.52 Å². The molecule has 3 heteroatoms. The minimum Gasteiger partial charge on any atom is -0.309 e. The van der Waals surface area contributed by atoms with Gasteiger partial charge in [-0.15, -0.1) is 11.6 Å². The van der Waals surface area contributed by atoms with Crippen LogP contribution in [0.3, 0.4) is 0 Å². The van der Waals surface area contributed by atoms with Crippen molar-refractivity contribution in [3.63, 3.8) is 0 Å². The zero-order valence-corrected chi connectivity index (χ0v) is 12.1. The third kappa shape index (κ3) is 2.24. The van der Waals surface area contributed by atoms with Crippen molar-refractivity contribution >= 4 is 22.5 Å². The molecule has 2 unspecified atom stereocenters. The summed E-state index contributed by atoms with van der Waals surface area (Å²) in [6.45, 7) is 5.31. The molecule has 1 aliphatic carbocycles. The summed E-state index contributed by atoms with van der Waals surface area (Å²) in [6.07, 6.45) is 2.90. The molecule has 0 aliphatic heterocycles. The summed E-state index contributed by atoms with van der Waals surface area (Å²) in [5, 5.41) is 5.11. The molecule has 0 bridgehead atoms. The Balaban J connectivity index is 1.76. The van der Waals surface area contributed by atoms with Crippen LogP contribution in [-0.2, 0) is 6.54 Å². The number of aromatic nitrogens is 1. The Hall–Kier alpha value is -1.12. The van der Waals surface area contributed by atoms with Crippen LogP contribution in [0.5, 0.6) is 0 Å². The van der Waals surface area contributed by atoms with Crippen LogP contribution in [0.1, 0.15) is 25.8 Å². The lowest BCUT2D eigenvalue weighted by Crippen LogP contribution is -2.57. The molecular weight excluding hydrogens is 256 g/mol. The van der Waals surface area contributed by atoms with Gasteiger partial charge in [-0.25, -0.2) is 0 Å². The molecule has 1 N–H and O–H groups in total. The molecule has 0 radical (unpaired) electrons. The van der Waals surface area contributed by atoms with E-state index in [1.807, 2.05) is 12.3 Å². The Morgan fingerprint density at radius 1 is 1.32 bits per heavy atom. The van der Waals surface area contributed by atoms with Crippen molar-refractivity contribution in [2.24, 2.45) is 5.41 Å². The van der Waals surface area contributed by atoms with Gasteiger partial charge in [-0.2, -0.15) is 0 Å². The molecule has 1 aliphatic rings. The molecule has 1 aromatic carbocycles. The zero-order valence-electron chi connectivity index (χ0n) is 11.4. The predicted octanol–water partition coefficient (Wildman–Crippen LogP) is 3.73.